The smallest absolute Gasteiger partial charge is 0.416 e. The fraction of sp³-hybridized carbons (Fsp3) is 0.375. The zero-order valence-corrected chi connectivity index (χ0v) is 15.7. The first kappa shape index (κ1) is 19.8. The van der Waals surface area contributed by atoms with Crippen LogP contribution in [0.2, 0.25) is 0 Å². The van der Waals surface area contributed by atoms with Crippen LogP contribution >= 0.6 is 11.3 Å². The highest BCUT2D eigenvalue weighted by Gasteiger charge is 2.40. The Morgan fingerprint density at radius 2 is 2.07 bits per heavy atom. The van der Waals surface area contributed by atoms with Crippen LogP contribution in [-0.2, 0) is 27.5 Å². The molecule has 0 saturated heterocycles. The van der Waals surface area contributed by atoms with Crippen molar-refractivity contribution in [2.45, 2.75) is 36.5 Å². The van der Waals surface area contributed by atoms with E-state index >= 15 is 0 Å². The Labute approximate surface area is 157 Å². The predicted octanol–water partition coefficient (Wildman–Crippen LogP) is 3.30. The first-order valence-electron chi connectivity index (χ1n) is 7.85. The second-order valence-electron chi connectivity index (χ2n) is 5.93. The molecule has 1 heterocycles. The van der Waals surface area contributed by atoms with Crippen molar-refractivity contribution in [3.8, 4) is 0 Å². The Kier molecular flexibility index (Phi) is 5.28. The first-order chi connectivity index (χ1) is 12.6. The van der Waals surface area contributed by atoms with Gasteiger partial charge in [-0.2, -0.15) is 17.5 Å². The van der Waals surface area contributed by atoms with Crippen molar-refractivity contribution in [1.82, 2.24) is 9.29 Å². The summed E-state index contributed by atoms with van der Waals surface area (Å²) in [7, 11) is -2.95. The molecule has 1 saturated carbocycles. The van der Waals surface area contributed by atoms with E-state index in [-0.39, 0.29) is 18.3 Å². The molecule has 0 spiro atoms. The molecule has 1 aliphatic carbocycles. The lowest BCUT2D eigenvalue weighted by Crippen LogP contribution is -2.32. The van der Waals surface area contributed by atoms with E-state index in [1.807, 2.05) is 0 Å². The van der Waals surface area contributed by atoms with Crippen molar-refractivity contribution in [2.75, 3.05) is 7.11 Å². The lowest BCUT2D eigenvalue weighted by atomic mass is 10.2. The van der Waals surface area contributed by atoms with Gasteiger partial charge in [0.05, 0.1) is 24.1 Å². The number of carbonyl (C=O) groups excluding carboxylic acids is 1. The molecule has 27 heavy (non-hydrogen) atoms. The highest BCUT2D eigenvalue weighted by atomic mass is 32.2. The number of aromatic nitrogens is 1. The van der Waals surface area contributed by atoms with E-state index in [1.165, 1.54) is 12.5 Å². The quantitative estimate of drug-likeness (QED) is 0.671. The molecule has 6 nitrogen and oxygen atoms in total. The zero-order valence-electron chi connectivity index (χ0n) is 14.1. The minimum Gasteiger partial charge on any atom is -0.464 e. The van der Waals surface area contributed by atoms with Crippen LogP contribution in [0.5, 0.6) is 0 Å². The summed E-state index contributed by atoms with van der Waals surface area (Å²) >= 11 is 1.09. The minimum atomic E-state index is -4.64. The van der Waals surface area contributed by atoms with Gasteiger partial charge in [0, 0.05) is 11.4 Å². The lowest BCUT2D eigenvalue weighted by Gasteiger charge is -2.21. The van der Waals surface area contributed by atoms with Gasteiger partial charge >= 0.3 is 12.1 Å². The monoisotopic (exact) mass is 420 g/mol. The Balaban J connectivity index is 1.90. The standard InChI is InChI=1S/C16H15F3N2O4S2/c1-25-15(22)13-9-26-14(20-13)8-21(11-5-6-11)27(23,24)12-4-2-3-10(7-12)16(17,18)19/h2-4,7,9,11H,5-6,8H2,1H3. The number of halogens is 3. The van der Waals surface area contributed by atoms with Crippen LogP contribution in [0.4, 0.5) is 13.2 Å². The predicted molar refractivity (Wildman–Crippen MR) is 90.6 cm³/mol. The fourth-order valence-electron chi connectivity index (χ4n) is 2.46. The van der Waals surface area contributed by atoms with E-state index in [0.29, 0.717) is 23.9 Å². The van der Waals surface area contributed by atoms with Crippen LogP contribution in [0.25, 0.3) is 0 Å². The van der Waals surface area contributed by atoms with Gasteiger partial charge in [-0.1, -0.05) is 6.07 Å². The van der Waals surface area contributed by atoms with Crippen molar-refractivity contribution in [3.63, 3.8) is 0 Å². The van der Waals surface area contributed by atoms with Gasteiger partial charge in [0.1, 0.15) is 5.01 Å². The number of sulfonamides is 1. The van der Waals surface area contributed by atoms with Gasteiger partial charge in [-0.05, 0) is 31.0 Å². The topological polar surface area (TPSA) is 76.6 Å². The molecule has 1 aliphatic rings. The molecule has 11 heteroatoms. The maximum absolute atomic E-state index is 12.9. The zero-order chi connectivity index (χ0) is 19.8. The van der Waals surface area contributed by atoms with Crippen molar-refractivity contribution >= 4 is 27.3 Å². The van der Waals surface area contributed by atoms with Crippen LogP contribution in [0.15, 0.2) is 34.5 Å². The third-order valence-corrected chi connectivity index (χ3v) is 6.69. The van der Waals surface area contributed by atoms with Gasteiger partial charge in [0.2, 0.25) is 10.0 Å². The van der Waals surface area contributed by atoms with Crippen LogP contribution < -0.4 is 0 Å². The molecule has 0 radical (unpaired) electrons. The number of hydrogen-bond donors (Lipinski definition) is 0. The number of rotatable bonds is 6. The number of esters is 1. The summed E-state index contributed by atoms with van der Waals surface area (Å²) in [6.45, 7) is -0.120. The summed E-state index contributed by atoms with van der Waals surface area (Å²) in [4.78, 5) is 15.1. The molecule has 146 valence electrons. The largest absolute Gasteiger partial charge is 0.464 e. The number of ether oxygens (including phenoxy) is 1. The summed E-state index contributed by atoms with van der Waals surface area (Å²) in [5.74, 6) is -0.642. The van der Waals surface area contributed by atoms with Gasteiger partial charge in [-0.3, -0.25) is 0 Å². The lowest BCUT2D eigenvalue weighted by molar-refractivity contribution is -0.137. The molecule has 3 rings (SSSR count). The molecule has 0 aliphatic heterocycles. The molecule has 0 unspecified atom stereocenters. The van der Waals surface area contributed by atoms with Gasteiger partial charge < -0.3 is 4.74 Å². The SMILES string of the molecule is COC(=O)c1csc(CN(C2CC2)S(=O)(=O)c2cccc(C(F)(F)F)c2)n1. The highest BCUT2D eigenvalue weighted by molar-refractivity contribution is 7.89. The molecule has 0 atom stereocenters. The number of nitrogens with zero attached hydrogens (tertiary/aromatic N) is 2. The van der Waals surface area contributed by atoms with Crippen LogP contribution in [0.3, 0.4) is 0 Å². The summed E-state index contributed by atoms with van der Waals surface area (Å²) in [5.41, 5.74) is -0.966. The molecular formula is C16H15F3N2O4S2. The van der Waals surface area contributed by atoms with Crippen LogP contribution in [0.1, 0.15) is 33.9 Å². The van der Waals surface area contributed by atoms with Gasteiger partial charge in [0.25, 0.3) is 0 Å². The summed E-state index contributed by atoms with van der Waals surface area (Å²) in [6, 6.07) is 3.37. The van der Waals surface area contributed by atoms with E-state index in [4.69, 9.17) is 0 Å². The Hall–Kier alpha value is -1.98. The first-order valence-corrected chi connectivity index (χ1v) is 10.2. The summed E-state index contributed by atoms with van der Waals surface area (Å²) in [5, 5.41) is 1.81. The summed E-state index contributed by atoms with van der Waals surface area (Å²) < 4.78 is 70.4. The number of hydrogen-bond acceptors (Lipinski definition) is 6. The molecule has 1 aromatic carbocycles. The maximum Gasteiger partial charge on any atom is 0.416 e. The van der Waals surface area contributed by atoms with E-state index < -0.39 is 32.6 Å². The highest BCUT2D eigenvalue weighted by Crippen LogP contribution is 2.36. The van der Waals surface area contributed by atoms with E-state index in [1.54, 1.807) is 0 Å². The van der Waals surface area contributed by atoms with Gasteiger partial charge in [-0.15, -0.1) is 11.3 Å². The van der Waals surface area contributed by atoms with Crippen molar-refractivity contribution in [2.24, 2.45) is 0 Å². The van der Waals surface area contributed by atoms with Crippen molar-refractivity contribution in [1.29, 1.82) is 0 Å². The molecule has 0 N–H and O–H groups in total. The third kappa shape index (κ3) is 4.30. The fourth-order valence-corrected chi connectivity index (χ4v) is 4.99. The van der Waals surface area contributed by atoms with E-state index in [9.17, 15) is 26.4 Å². The summed E-state index contributed by atoms with van der Waals surface area (Å²) in [6.07, 6.45) is -3.40. The van der Waals surface area contributed by atoms with Gasteiger partial charge in [-0.25, -0.2) is 18.2 Å². The number of thiazole rings is 1. The Bertz CT molecular complexity index is 953. The second kappa shape index (κ2) is 7.21. The average molecular weight is 420 g/mol. The van der Waals surface area contributed by atoms with E-state index in [2.05, 4.69) is 9.72 Å². The van der Waals surface area contributed by atoms with Crippen molar-refractivity contribution < 1.29 is 31.1 Å². The maximum atomic E-state index is 12.9. The third-order valence-electron chi connectivity index (χ3n) is 3.96. The normalized spacial score (nSPS) is 15.1. The number of methoxy groups -OCH3 is 1. The Morgan fingerprint density at radius 3 is 2.67 bits per heavy atom. The molecule has 1 fully saturated rings. The van der Waals surface area contributed by atoms with E-state index in [0.717, 1.165) is 33.8 Å². The van der Waals surface area contributed by atoms with Crippen molar-refractivity contribution in [3.05, 3.63) is 45.9 Å². The second-order valence-corrected chi connectivity index (χ2v) is 8.76. The number of alkyl halides is 3. The molecule has 0 amide bonds. The van der Waals surface area contributed by atoms with Crippen LogP contribution in [-0.4, -0.2) is 36.8 Å². The van der Waals surface area contributed by atoms with Crippen LogP contribution in [0, 0.1) is 0 Å². The molecule has 1 aromatic heterocycles. The molecular weight excluding hydrogens is 405 g/mol. The minimum absolute atomic E-state index is 0.0599. The Morgan fingerprint density at radius 1 is 1.37 bits per heavy atom. The molecule has 2 aromatic rings. The number of benzene rings is 1. The average Bonchev–Trinajstić information content (AvgIpc) is 3.35. The van der Waals surface area contributed by atoms with Gasteiger partial charge in [0.15, 0.2) is 5.69 Å². The molecule has 0 bridgehead atoms. The number of carbonyl (C=O) groups is 1.